The van der Waals surface area contributed by atoms with Gasteiger partial charge in [-0.3, -0.25) is 0 Å². The second-order valence-corrected chi connectivity index (χ2v) is 3.29. The monoisotopic (exact) mass is 171 g/mol. The molecule has 66 valence electrons. The zero-order chi connectivity index (χ0) is 9.10. The molecular weight excluding hydrogens is 158 g/mol. The van der Waals surface area contributed by atoms with Gasteiger partial charge in [-0.15, -0.1) is 0 Å². The zero-order valence-corrected chi connectivity index (χ0v) is 7.48. The highest BCUT2D eigenvalue weighted by atomic mass is 14.5. The Labute approximate surface area is 78.6 Å². The minimum Gasteiger partial charge on any atom is -0.399 e. The lowest BCUT2D eigenvalue weighted by Gasteiger charge is -2.11. The van der Waals surface area contributed by atoms with Crippen LogP contribution in [0.2, 0.25) is 0 Å². The van der Waals surface area contributed by atoms with Crippen molar-refractivity contribution in [2.45, 2.75) is 12.3 Å². The van der Waals surface area contributed by atoms with Crippen LogP contribution in [0, 0.1) is 0 Å². The topological polar surface area (TPSA) is 26.0 Å². The van der Waals surface area contributed by atoms with Crippen LogP contribution in [-0.2, 0) is 0 Å². The number of hydrogen-bond acceptors (Lipinski definition) is 1. The number of allylic oxidation sites excluding steroid dienone is 4. The van der Waals surface area contributed by atoms with E-state index in [1.54, 1.807) is 0 Å². The molecule has 0 saturated carbocycles. The largest absolute Gasteiger partial charge is 0.399 e. The quantitative estimate of drug-likeness (QED) is 0.510. The lowest BCUT2D eigenvalue weighted by molar-refractivity contribution is 1.04. The molecule has 0 bridgehead atoms. The summed E-state index contributed by atoms with van der Waals surface area (Å²) in [6.45, 7) is 0. The van der Waals surface area contributed by atoms with Crippen molar-refractivity contribution in [2.75, 3.05) is 5.73 Å². The van der Waals surface area contributed by atoms with Crippen LogP contribution in [0.4, 0.5) is 5.69 Å². The Kier molecular flexibility index (Phi) is 2.17. The van der Waals surface area contributed by atoms with E-state index in [1.807, 2.05) is 18.2 Å². The fraction of sp³-hybridized carbons (Fsp3) is 0.167. The summed E-state index contributed by atoms with van der Waals surface area (Å²) >= 11 is 0. The highest BCUT2D eigenvalue weighted by molar-refractivity contribution is 5.44. The molecule has 0 atom stereocenters. The van der Waals surface area contributed by atoms with Crippen LogP contribution in [0.5, 0.6) is 0 Å². The fourth-order valence-corrected chi connectivity index (χ4v) is 1.58. The van der Waals surface area contributed by atoms with Gasteiger partial charge in [-0.05, 0) is 24.1 Å². The molecule has 1 aromatic carbocycles. The first kappa shape index (κ1) is 8.11. The van der Waals surface area contributed by atoms with Gasteiger partial charge < -0.3 is 5.73 Å². The van der Waals surface area contributed by atoms with E-state index in [-0.39, 0.29) is 0 Å². The fourth-order valence-electron chi connectivity index (χ4n) is 1.58. The van der Waals surface area contributed by atoms with Crippen LogP contribution < -0.4 is 5.73 Å². The third-order valence-electron chi connectivity index (χ3n) is 2.25. The van der Waals surface area contributed by atoms with Gasteiger partial charge in [0.15, 0.2) is 0 Å². The Morgan fingerprint density at radius 1 is 1.15 bits per heavy atom. The molecule has 0 heterocycles. The smallest absolute Gasteiger partial charge is 0.0317 e. The summed E-state index contributed by atoms with van der Waals surface area (Å²) in [6, 6.07) is 8.06. The van der Waals surface area contributed by atoms with Crippen LogP contribution in [0.25, 0.3) is 0 Å². The van der Waals surface area contributed by atoms with Gasteiger partial charge in [0.2, 0.25) is 0 Å². The van der Waals surface area contributed by atoms with Gasteiger partial charge in [0, 0.05) is 11.6 Å². The molecule has 2 N–H and O–H groups in total. The first-order chi connectivity index (χ1) is 6.36. The Balaban J connectivity index is 2.29. The van der Waals surface area contributed by atoms with Crippen molar-refractivity contribution in [1.29, 1.82) is 0 Å². The molecule has 0 saturated heterocycles. The summed E-state index contributed by atoms with van der Waals surface area (Å²) in [5.74, 6) is 0.414. The second kappa shape index (κ2) is 3.48. The standard InChI is InChI=1S/C12H13N/c13-12-8-4-7-11(9-12)10-5-2-1-3-6-10/h2-10H,1,13H2. The lowest BCUT2D eigenvalue weighted by Crippen LogP contribution is -1.95. The van der Waals surface area contributed by atoms with Crippen LogP contribution in [0.1, 0.15) is 17.9 Å². The van der Waals surface area contributed by atoms with Crippen molar-refractivity contribution >= 4 is 5.69 Å². The van der Waals surface area contributed by atoms with E-state index < -0.39 is 0 Å². The zero-order valence-electron chi connectivity index (χ0n) is 7.48. The summed E-state index contributed by atoms with van der Waals surface area (Å²) < 4.78 is 0. The number of nitrogens with two attached hydrogens (primary N) is 1. The van der Waals surface area contributed by atoms with E-state index in [4.69, 9.17) is 5.73 Å². The highest BCUT2D eigenvalue weighted by Gasteiger charge is 2.05. The second-order valence-electron chi connectivity index (χ2n) is 3.29. The average Bonchev–Trinajstić information content (AvgIpc) is 2.19. The molecule has 1 heteroatoms. The van der Waals surface area contributed by atoms with Crippen molar-refractivity contribution in [3.63, 3.8) is 0 Å². The number of anilines is 1. The molecule has 0 fully saturated rings. The van der Waals surface area contributed by atoms with E-state index in [0.29, 0.717) is 5.92 Å². The van der Waals surface area contributed by atoms with Crippen molar-refractivity contribution in [2.24, 2.45) is 0 Å². The molecule has 0 radical (unpaired) electrons. The normalized spacial score (nSPS) is 16.3. The molecule has 13 heavy (non-hydrogen) atoms. The minimum absolute atomic E-state index is 0.414. The molecule has 1 aliphatic carbocycles. The van der Waals surface area contributed by atoms with Crippen LogP contribution >= 0.6 is 0 Å². The maximum Gasteiger partial charge on any atom is 0.0317 e. The van der Waals surface area contributed by atoms with Gasteiger partial charge >= 0.3 is 0 Å². The summed E-state index contributed by atoms with van der Waals surface area (Å²) in [7, 11) is 0. The van der Waals surface area contributed by atoms with Gasteiger partial charge in [-0.25, -0.2) is 0 Å². The summed E-state index contributed by atoms with van der Waals surface area (Å²) in [5.41, 5.74) is 7.83. The van der Waals surface area contributed by atoms with E-state index in [0.717, 1.165) is 12.1 Å². The van der Waals surface area contributed by atoms with Crippen molar-refractivity contribution in [3.05, 3.63) is 54.1 Å². The van der Waals surface area contributed by atoms with E-state index >= 15 is 0 Å². The van der Waals surface area contributed by atoms with Crippen molar-refractivity contribution in [1.82, 2.24) is 0 Å². The van der Waals surface area contributed by atoms with Gasteiger partial charge in [0.25, 0.3) is 0 Å². The first-order valence-corrected chi connectivity index (χ1v) is 4.55. The highest BCUT2D eigenvalue weighted by Crippen LogP contribution is 2.23. The SMILES string of the molecule is Nc1cccc(C2C=CCC=C2)c1. The summed E-state index contributed by atoms with van der Waals surface area (Å²) in [6.07, 6.45) is 9.87. The maximum atomic E-state index is 5.72. The number of nitrogen functional groups attached to an aromatic ring is 1. The summed E-state index contributed by atoms with van der Waals surface area (Å²) in [4.78, 5) is 0. The first-order valence-electron chi connectivity index (χ1n) is 4.55. The Morgan fingerprint density at radius 3 is 2.62 bits per heavy atom. The van der Waals surface area contributed by atoms with Gasteiger partial charge in [-0.2, -0.15) is 0 Å². The predicted octanol–water partition coefficient (Wildman–Crippen LogP) is 2.87. The van der Waals surface area contributed by atoms with Crippen LogP contribution in [0.3, 0.4) is 0 Å². The molecule has 0 aromatic heterocycles. The molecule has 0 unspecified atom stereocenters. The van der Waals surface area contributed by atoms with Crippen molar-refractivity contribution < 1.29 is 0 Å². The minimum atomic E-state index is 0.414. The van der Waals surface area contributed by atoms with Crippen LogP contribution in [0.15, 0.2) is 48.6 Å². The van der Waals surface area contributed by atoms with E-state index in [2.05, 4.69) is 30.4 Å². The van der Waals surface area contributed by atoms with E-state index in [9.17, 15) is 0 Å². The average molecular weight is 171 g/mol. The predicted molar refractivity (Wildman–Crippen MR) is 56.5 cm³/mol. The van der Waals surface area contributed by atoms with E-state index in [1.165, 1.54) is 5.56 Å². The third kappa shape index (κ3) is 1.81. The molecule has 0 spiro atoms. The molecular formula is C12H13N. The van der Waals surface area contributed by atoms with Gasteiger partial charge in [0.05, 0.1) is 0 Å². The number of benzene rings is 1. The molecule has 2 rings (SSSR count). The number of rotatable bonds is 1. The molecule has 0 amide bonds. The molecule has 1 nitrogen and oxygen atoms in total. The van der Waals surface area contributed by atoms with Gasteiger partial charge in [-0.1, -0.05) is 36.4 Å². The molecule has 0 aliphatic heterocycles. The molecule has 1 aliphatic rings. The summed E-state index contributed by atoms with van der Waals surface area (Å²) in [5, 5.41) is 0. The molecule has 1 aromatic rings. The Bertz CT molecular complexity index is 338. The van der Waals surface area contributed by atoms with Crippen molar-refractivity contribution in [3.8, 4) is 0 Å². The van der Waals surface area contributed by atoms with Gasteiger partial charge in [0.1, 0.15) is 0 Å². The third-order valence-corrected chi connectivity index (χ3v) is 2.25. The van der Waals surface area contributed by atoms with Crippen LogP contribution in [-0.4, -0.2) is 0 Å². The Hall–Kier alpha value is -1.50. The lowest BCUT2D eigenvalue weighted by atomic mass is 9.94. The number of hydrogen-bond donors (Lipinski definition) is 1. The maximum absolute atomic E-state index is 5.72. The Morgan fingerprint density at radius 2 is 1.92 bits per heavy atom.